The molecule has 0 aromatic heterocycles. The summed E-state index contributed by atoms with van der Waals surface area (Å²) in [6.07, 6.45) is 6.91. The summed E-state index contributed by atoms with van der Waals surface area (Å²) in [7, 11) is 0. The van der Waals surface area contributed by atoms with Gasteiger partial charge in [0.2, 0.25) is 11.8 Å². The SMILES string of the molecule is Cl.NC(=O)C1(NC(=O)CNCC2CC2)CCCCC1. The van der Waals surface area contributed by atoms with Crippen LogP contribution in [0, 0.1) is 5.92 Å². The molecule has 2 rings (SSSR count). The first-order valence-electron chi connectivity index (χ1n) is 6.94. The van der Waals surface area contributed by atoms with Crippen molar-refractivity contribution >= 4 is 24.2 Å². The lowest BCUT2D eigenvalue weighted by Gasteiger charge is -2.35. The molecule has 2 aliphatic carbocycles. The van der Waals surface area contributed by atoms with E-state index in [9.17, 15) is 9.59 Å². The number of carbonyl (C=O) groups is 2. The second-order valence-electron chi connectivity index (χ2n) is 5.63. The highest BCUT2D eigenvalue weighted by molar-refractivity contribution is 5.91. The third-order valence-electron chi connectivity index (χ3n) is 3.97. The Balaban J connectivity index is 0.00000180. The number of carbonyl (C=O) groups excluding carboxylic acids is 2. The van der Waals surface area contributed by atoms with Crippen molar-refractivity contribution in [2.24, 2.45) is 11.7 Å². The molecule has 0 heterocycles. The Morgan fingerprint density at radius 2 is 1.79 bits per heavy atom. The second-order valence-corrected chi connectivity index (χ2v) is 5.63. The molecule has 0 unspecified atom stereocenters. The zero-order valence-electron chi connectivity index (χ0n) is 11.2. The van der Waals surface area contributed by atoms with Crippen molar-refractivity contribution in [2.45, 2.75) is 50.5 Å². The van der Waals surface area contributed by atoms with Gasteiger partial charge in [0.25, 0.3) is 0 Å². The number of nitrogens with two attached hydrogens (primary N) is 1. The van der Waals surface area contributed by atoms with Crippen LogP contribution < -0.4 is 16.4 Å². The Kier molecular flexibility index (Phi) is 6.07. The van der Waals surface area contributed by atoms with Gasteiger partial charge in [-0.1, -0.05) is 19.3 Å². The molecule has 0 radical (unpaired) electrons. The Hall–Kier alpha value is -0.810. The third kappa shape index (κ3) is 4.66. The summed E-state index contributed by atoms with van der Waals surface area (Å²) < 4.78 is 0. The Morgan fingerprint density at radius 1 is 1.16 bits per heavy atom. The summed E-state index contributed by atoms with van der Waals surface area (Å²) in [4.78, 5) is 23.4. The van der Waals surface area contributed by atoms with Gasteiger partial charge in [-0.3, -0.25) is 9.59 Å². The molecule has 0 spiro atoms. The average Bonchev–Trinajstić information content (AvgIpc) is 3.14. The second kappa shape index (κ2) is 7.10. The molecule has 2 amide bonds. The van der Waals surface area contributed by atoms with Crippen LogP contribution in [0.15, 0.2) is 0 Å². The molecule has 0 bridgehead atoms. The van der Waals surface area contributed by atoms with Crippen LogP contribution in [0.5, 0.6) is 0 Å². The van der Waals surface area contributed by atoms with Crippen LogP contribution in [0.3, 0.4) is 0 Å². The predicted molar refractivity (Wildman–Crippen MR) is 76.0 cm³/mol. The third-order valence-corrected chi connectivity index (χ3v) is 3.97. The normalized spacial score (nSPS) is 21.3. The number of halogens is 1. The van der Waals surface area contributed by atoms with Crippen LogP contribution in [-0.4, -0.2) is 30.4 Å². The van der Waals surface area contributed by atoms with Gasteiger partial charge >= 0.3 is 0 Å². The van der Waals surface area contributed by atoms with Crippen LogP contribution in [-0.2, 0) is 9.59 Å². The molecule has 6 heteroatoms. The fourth-order valence-corrected chi connectivity index (χ4v) is 2.61. The Morgan fingerprint density at radius 3 is 2.32 bits per heavy atom. The minimum Gasteiger partial charge on any atom is -0.368 e. The maximum Gasteiger partial charge on any atom is 0.243 e. The molecule has 0 aromatic carbocycles. The van der Waals surface area contributed by atoms with E-state index in [1.54, 1.807) is 0 Å². The number of hydrogen-bond donors (Lipinski definition) is 3. The van der Waals surface area contributed by atoms with E-state index in [1.807, 2.05) is 0 Å². The molecule has 2 fully saturated rings. The summed E-state index contributed by atoms with van der Waals surface area (Å²) in [6, 6.07) is 0. The highest BCUT2D eigenvalue weighted by atomic mass is 35.5. The molecular formula is C13H24ClN3O2. The van der Waals surface area contributed by atoms with Crippen molar-refractivity contribution < 1.29 is 9.59 Å². The van der Waals surface area contributed by atoms with E-state index in [4.69, 9.17) is 5.73 Å². The highest BCUT2D eigenvalue weighted by Crippen LogP contribution is 2.28. The van der Waals surface area contributed by atoms with Crippen molar-refractivity contribution in [1.82, 2.24) is 10.6 Å². The number of nitrogens with one attached hydrogen (secondary N) is 2. The molecule has 0 aromatic rings. The summed E-state index contributed by atoms with van der Waals surface area (Å²) in [5.41, 5.74) is 4.67. The first kappa shape index (κ1) is 16.2. The lowest BCUT2D eigenvalue weighted by Crippen LogP contribution is -2.59. The molecule has 0 saturated heterocycles. The van der Waals surface area contributed by atoms with Crippen molar-refractivity contribution in [2.75, 3.05) is 13.1 Å². The molecular weight excluding hydrogens is 266 g/mol. The van der Waals surface area contributed by atoms with Crippen molar-refractivity contribution in [3.05, 3.63) is 0 Å². The Bertz CT molecular complexity index is 326. The van der Waals surface area contributed by atoms with Gasteiger partial charge in [-0.05, 0) is 38.1 Å². The van der Waals surface area contributed by atoms with E-state index < -0.39 is 11.4 Å². The zero-order valence-corrected chi connectivity index (χ0v) is 12.1. The van der Waals surface area contributed by atoms with Crippen LogP contribution in [0.4, 0.5) is 0 Å². The molecule has 2 saturated carbocycles. The van der Waals surface area contributed by atoms with E-state index >= 15 is 0 Å². The maximum absolute atomic E-state index is 11.8. The van der Waals surface area contributed by atoms with Crippen molar-refractivity contribution in [3.8, 4) is 0 Å². The largest absolute Gasteiger partial charge is 0.368 e. The van der Waals surface area contributed by atoms with Gasteiger partial charge < -0.3 is 16.4 Å². The fourth-order valence-electron chi connectivity index (χ4n) is 2.61. The van der Waals surface area contributed by atoms with E-state index in [1.165, 1.54) is 12.8 Å². The van der Waals surface area contributed by atoms with Crippen LogP contribution >= 0.6 is 12.4 Å². The Labute approximate surface area is 120 Å². The number of primary amides is 1. The minimum absolute atomic E-state index is 0. The van der Waals surface area contributed by atoms with Crippen molar-refractivity contribution in [3.63, 3.8) is 0 Å². The van der Waals surface area contributed by atoms with Gasteiger partial charge in [0, 0.05) is 0 Å². The highest BCUT2D eigenvalue weighted by Gasteiger charge is 2.39. The first-order chi connectivity index (χ1) is 8.62. The van der Waals surface area contributed by atoms with Gasteiger partial charge in [0.15, 0.2) is 0 Å². The predicted octanol–water partition coefficient (Wildman–Crippen LogP) is 0.712. The topological polar surface area (TPSA) is 84.2 Å². The first-order valence-corrected chi connectivity index (χ1v) is 6.94. The summed E-state index contributed by atoms with van der Waals surface area (Å²) in [5.74, 6) is 0.242. The lowest BCUT2D eigenvalue weighted by atomic mass is 9.81. The summed E-state index contributed by atoms with van der Waals surface area (Å²) in [6.45, 7) is 1.18. The lowest BCUT2D eigenvalue weighted by molar-refractivity contribution is -0.132. The van der Waals surface area contributed by atoms with Gasteiger partial charge in [-0.15, -0.1) is 12.4 Å². The molecule has 110 valence electrons. The van der Waals surface area contributed by atoms with Gasteiger partial charge in [-0.2, -0.15) is 0 Å². The summed E-state index contributed by atoms with van der Waals surface area (Å²) >= 11 is 0. The molecule has 2 aliphatic rings. The quantitative estimate of drug-likeness (QED) is 0.673. The van der Waals surface area contributed by atoms with E-state index in [2.05, 4.69) is 10.6 Å². The van der Waals surface area contributed by atoms with Crippen LogP contribution in [0.1, 0.15) is 44.9 Å². The molecule has 19 heavy (non-hydrogen) atoms. The summed E-state index contributed by atoms with van der Waals surface area (Å²) in [5, 5.41) is 5.98. The van der Waals surface area contributed by atoms with E-state index in [0.29, 0.717) is 12.8 Å². The van der Waals surface area contributed by atoms with Gasteiger partial charge in [-0.25, -0.2) is 0 Å². The molecule has 0 aliphatic heterocycles. The molecule has 4 N–H and O–H groups in total. The maximum atomic E-state index is 11.8. The standard InChI is InChI=1S/C13H23N3O2.ClH/c14-12(18)13(6-2-1-3-7-13)16-11(17)9-15-8-10-4-5-10;/h10,15H,1-9H2,(H2,14,18)(H,16,17);1H. The smallest absolute Gasteiger partial charge is 0.243 e. The number of amides is 2. The molecule has 5 nitrogen and oxygen atoms in total. The van der Waals surface area contributed by atoms with E-state index in [-0.39, 0.29) is 24.9 Å². The number of hydrogen-bond acceptors (Lipinski definition) is 3. The van der Waals surface area contributed by atoms with Gasteiger partial charge in [0.05, 0.1) is 6.54 Å². The number of rotatable bonds is 6. The van der Waals surface area contributed by atoms with Crippen LogP contribution in [0.2, 0.25) is 0 Å². The fraction of sp³-hybridized carbons (Fsp3) is 0.846. The van der Waals surface area contributed by atoms with Crippen LogP contribution in [0.25, 0.3) is 0 Å². The van der Waals surface area contributed by atoms with E-state index in [0.717, 1.165) is 31.7 Å². The zero-order chi connectivity index (χ0) is 13.0. The monoisotopic (exact) mass is 289 g/mol. The van der Waals surface area contributed by atoms with Crippen molar-refractivity contribution in [1.29, 1.82) is 0 Å². The molecule has 0 atom stereocenters. The average molecular weight is 290 g/mol. The van der Waals surface area contributed by atoms with Gasteiger partial charge in [0.1, 0.15) is 5.54 Å². The minimum atomic E-state index is -0.795.